The van der Waals surface area contributed by atoms with E-state index in [-0.39, 0.29) is 17.4 Å². The number of nitrogens with zero attached hydrogens (tertiary/aromatic N) is 2. The first-order chi connectivity index (χ1) is 9.96. The van der Waals surface area contributed by atoms with Crippen molar-refractivity contribution >= 4 is 27.0 Å². The summed E-state index contributed by atoms with van der Waals surface area (Å²) in [5.74, 6) is 0. The van der Waals surface area contributed by atoms with Gasteiger partial charge in [0.25, 0.3) is 10.0 Å². The van der Waals surface area contributed by atoms with E-state index in [1.165, 1.54) is 15.6 Å². The number of aliphatic hydroxyl groups excluding tert-OH is 1. The minimum atomic E-state index is -3.66. The van der Waals surface area contributed by atoms with Crippen molar-refractivity contribution in [2.24, 2.45) is 0 Å². The molecule has 0 unspecified atom stereocenters. The Morgan fingerprint density at radius 3 is 2.43 bits per heavy atom. The Morgan fingerprint density at radius 1 is 1.24 bits per heavy atom. The van der Waals surface area contributed by atoms with Crippen LogP contribution in [0.2, 0.25) is 0 Å². The molecule has 0 saturated heterocycles. The molecule has 0 atom stereocenters. The summed E-state index contributed by atoms with van der Waals surface area (Å²) in [6.45, 7) is 3.67. The molecule has 0 amide bonds. The second kappa shape index (κ2) is 6.55. The van der Waals surface area contributed by atoms with E-state index < -0.39 is 10.0 Å². The third-order valence-electron chi connectivity index (χ3n) is 2.95. The maximum atomic E-state index is 12.9. The summed E-state index contributed by atoms with van der Waals surface area (Å²) in [5.41, 5.74) is 1.11. The first kappa shape index (κ1) is 15.9. The number of sulfonamides is 1. The van der Waals surface area contributed by atoms with Crippen LogP contribution in [0.5, 0.6) is 0 Å². The van der Waals surface area contributed by atoms with E-state index in [9.17, 15) is 8.42 Å². The normalized spacial score (nSPS) is 11.6. The molecule has 0 radical (unpaired) electrons. The second-order valence-electron chi connectivity index (χ2n) is 4.60. The largest absolute Gasteiger partial charge is 0.396 e. The van der Waals surface area contributed by atoms with Crippen LogP contribution in [-0.4, -0.2) is 31.7 Å². The van der Waals surface area contributed by atoms with Crippen LogP contribution >= 0.6 is 11.3 Å². The first-order valence-corrected chi connectivity index (χ1v) is 8.85. The highest BCUT2D eigenvalue weighted by Crippen LogP contribution is 2.29. The van der Waals surface area contributed by atoms with Crippen molar-refractivity contribution in [3.63, 3.8) is 0 Å². The third-order valence-corrected chi connectivity index (χ3v) is 6.44. The molecule has 0 saturated carbocycles. The fraction of sp³-hybridized carbons (Fsp3) is 0.357. The SMILES string of the molecule is Cc1nc(C)c(S(=O)(=O)N(CCCO)c2ccccc2)s1. The molecule has 1 aromatic heterocycles. The summed E-state index contributed by atoms with van der Waals surface area (Å²) in [7, 11) is -3.66. The van der Waals surface area contributed by atoms with Crippen molar-refractivity contribution in [3.8, 4) is 0 Å². The number of hydrogen-bond donors (Lipinski definition) is 1. The third kappa shape index (κ3) is 3.42. The van der Waals surface area contributed by atoms with Crippen molar-refractivity contribution < 1.29 is 13.5 Å². The Balaban J connectivity index is 2.47. The van der Waals surface area contributed by atoms with Gasteiger partial charge in [0.05, 0.1) is 16.4 Å². The molecule has 2 rings (SSSR count). The molecule has 1 heterocycles. The van der Waals surface area contributed by atoms with Gasteiger partial charge in [-0.3, -0.25) is 4.31 Å². The Morgan fingerprint density at radius 2 is 1.90 bits per heavy atom. The Bertz CT molecular complexity index is 696. The van der Waals surface area contributed by atoms with Crippen molar-refractivity contribution in [1.29, 1.82) is 0 Å². The molecule has 0 aliphatic heterocycles. The number of anilines is 1. The molecular formula is C14H18N2O3S2. The number of rotatable bonds is 6. The fourth-order valence-corrected chi connectivity index (χ4v) is 5.13. The number of thiazole rings is 1. The number of aryl methyl sites for hydroxylation is 2. The molecule has 0 aliphatic rings. The number of para-hydroxylation sites is 1. The number of aromatic nitrogens is 1. The maximum absolute atomic E-state index is 12.9. The summed E-state index contributed by atoms with van der Waals surface area (Å²) in [4.78, 5) is 4.20. The molecule has 1 aromatic carbocycles. The van der Waals surface area contributed by atoms with E-state index in [0.29, 0.717) is 17.8 Å². The summed E-state index contributed by atoms with van der Waals surface area (Å²) < 4.78 is 27.4. The lowest BCUT2D eigenvalue weighted by molar-refractivity contribution is 0.291. The van der Waals surface area contributed by atoms with Crippen LogP contribution in [0.1, 0.15) is 17.1 Å². The molecule has 0 spiro atoms. The fourth-order valence-electron chi connectivity index (χ4n) is 2.05. The van der Waals surface area contributed by atoms with E-state index >= 15 is 0 Å². The zero-order chi connectivity index (χ0) is 15.5. The standard InChI is InChI=1S/C14H18N2O3S2/c1-11-14(20-12(2)15-11)21(18,19)16(9-6-10-17)13-7-4-3-5-8-13/h3-5,7-8,17H,6,9-10H2,1-2H3. The highest BCUT2D eigenvalue weighted by Gasteiger charge is 2.28. The van der Waals surface area contributed by atoms with Gasteiger partial charge in [-0.2, -0.15) is 0 Å². The molecule has 5 nitrogen and oxygen atoms in total. The van der Waals surface area contributed by atoms with Crippen LogP contribution in [-0.2, 0) is 10.0 Å². The first-order valence-electron chi connectivity index (χ1n) is 6.59. The minimum absolute atomic E-state index is 0.0560. The summed E-state index contributed by atoms with van der Waals surface area (Å²) in [5, 5.41) is 9.75. The quantitative estimate of drug-likeness (QED) is 0.884. The van der Waals surface area contributed by atoms with Crippen LogP contribution in [0.3, 0.4) is 0 Å². The lowest BCUT2D eigenvalue weighted by Crippen LogP contribution is -2.32. The average molecular weight is 326 g/mol. The van der Waals surface area contributed by atoms with Crippen LogP contribution in [0.25, 0.3) is 0 Å². The number of hydrogen-bond acceptors (Lipinski definition) is 5. The maximum Gasteiger partial charge on any atom is 0.275 e. The summed E-state index contributed by atoms with van der Waals surface area (Å²) in [6, 6.07) is 8.92. The minimum Gasteiger partial charge on any atom is -0.396 e. The lowest BCUT2D eigenvalue weighted by atomic mass is 10.3. The van der Waals surface area contributed by atoms with Crippen LogP contribution in [0.15, 0.2) is 34.5 Å². The van der Waals surface area contributed by atoms with Crippen molar-refractivity contribution in [3.05, 3.63) is 41.0 Å². The Hall–Kier alpha value is -1.44. The molecule has 0 bridgehead atoms. The Labute approximate surface area is 128 Å². The summed E-state index contributed by atoms with van der Waals surface area (Å²) in [6.07, 6.45) is 0.380. The predicted octanol–water partition coefficient (Wildman–Crippen LogP) is 2.34. The Kier molecular flexibility index (Phi) is 4.97. The van der Waals surface area contributed by atoms with Gasteiger partial charge >= 0.3 is 0 Å². The van der Waals surface area contributed by atoms with Gasteiger partial charge in [-0.15, -0.1) is 11.3 Å². The lowest BCUT2D eigenvalue weighted by Gasteiger charge is -2.23. The van der Waals surface area contributed by atoms with E-state index in [1.807, 2.05) is 6.07 Å². The van der Waals surface area contributed by atoms with Gasteiger partial charge in [-0.1, -0.05) is 18.2 Å². The van der Waals surface area contributed by atoms with Crippen LogP contribution in [0, 0.1) is 13.8 Å². The molecule has 0 aliphatic carbocycles. The zero-order valence-electron chi connectivity index (χ0n) is 12.0. The molecule has 114 valence electrons. The van der Waals surface area contributed by atoms with Crippen molar-refractivity contribution in [1.82, 2.24) is 4.98 Å². The van der Waals surface area contributed by atoms with Crippen LogP contribution < -0.4 is 4.31 Å². The van der Waals surface area contributed by atoms with Gasteiger partial charge in [0.2, 0.25) is 0 Å². The monoisotopic (exact) mass is 326 g/mol. The van der Waals surface area contributed by atoms with Crippen molar-refractivity contribution in [2.45, 2.75) is 24.5 Å². The van der Waals surface area contributed by atoms with E-state index in [0.717, 1.165) is 5.01 Å². The smallest absolute Gasteiger partial charge is 0.275 e. The van der Waals surface area contributed by atoms with Gasteiger partial charge in [-0.25, -0.2) is 13.4 Å². The highest BCUT2D eigenvalue weighted by molar-refractivity contribution is 7.94. The van der Waals surface area contributed by atoms with E-state index in [1.54, 1.807) is 38.1 Å². The van der Waals surface area contributed by atoms with Gasteiger partial charge in [-0.05, 0) is 32.4 Å². The topological polar surface area (TPSA) is 70.5 Å². The molecular weight excluding hydrogens is 308 g/mol. The number of benzene rings is 1. The van der Waals surface area contributed by atoms with Gasteiger partial charge < -0.3 is 5.11 Å². The molecule has 21 heavy (non-hydrogen) atoms. The number of aliphatic hydroxyl groups is 1. The molecule has 0 fully saturated rings. The highest BCUT2D eigenvalue weighted by atomic mass is 32.2. The van der Waals surface area contributed by atoms with Gasteiger partial charge in [0, 0.05) is 13.2 Å². The van der Waals surface area contributed by atoms with Gasteiger partial charge in [0.15, 0.2) is 4.21 Å². The van der Waals surface area contributed by atoms with Crippen molar-refractivity contribution in [2.75, 3.05) is 17.5 Å². The summed E-state index contributed by atoms with van der Waals surface area (Å²) >= 11 is 1.17. The average Bonchev–Trinajstić information content (AvgIpc) is 2.80. The molecule has 7 heteroatoms. The van der Waals surface area contributed by atoms with E-state index in [2.05, 4.69) is 4.98 Å². The second-order valence-corrected chi connectivity index (χ2v) is 7.86. The molecule has 2 aromatic rings. The molecule has 1 N–H and O–H groups in total. The van der Waals surface area contributed by atoms with Crippen LogP contribution in [0.4, 0.5) is 5.69 Å². The predicted molar refractivity (Wildman–Crippen MR) is 84.3 cm³/mol. The van der Waals surface area contributed by atoms with Gasteiger partial charge in [0.1, 0.15) is 0 Å². The zero-order valence-corrected chi connectivity index (χ0v) is 13.6. The van der Waals surface area contributed by atoms with E-state index in [4.69, 9.17) is 5.11 Å².